The molecule has 1 atom stereocenters. The number of amides is 1. The van der Waals surface area contributed by atoms with Gasteiger partial charge in [0.25, 0.3) is 5.91 Å². The number of pyridine rings is 1. The molecule has 1 N–H and O–H groups in total. The van der Waals surface area contributed by atoms with Gasteiger partial charge in [-0.1, -0.05) is 6.07 Å². The normalized spacial score (nSPS) is 11.9. The number of benzene rings is 1. The smallest absolute Gasteiger partial charge is 0.253 e. The van der Waals surface area contributed by atoms with Gasteiger partial charge in [-0.25, -0.2) is 8.78 Å². The monoisotopic (exact) mass is 262 g/mol. The summed E-state index contributed by atoms with van der Waals surface area (Å²) < 4.78 is 26.4. The highest BCUT2D eigenvalue weighted by molar-refractivity contribution is 5.94. The van der Waals surface area contributed by atoms with E-state index in [-0.39, 0.29) is 11.5 Å². The number of hydrogen-bond donors (Lipinski definition) is 1. The van der Waals surface area contributed by atoms with Gasteiger partial charge in [-0.3, -0.25) is 9.78 Å². The maximum Gasteiger partial charge on any atom is 0.253 e. The minimum absolute atomic E-state index is 0.235. The summed E-state index contributed by atoms with van der Waals surface area (Å²) in [6, 6.07) is 5.95. The molecule has 0 radical (unpaired) electrons. The summed E-state index contributed by atoms with van der Waals surface area (Å²) >= 11 is 0. The van der Waals surface area contributed by atoms with Crippen LogP contribution < -0.4 is 5.32 Å². The molecule has 98 valence electrons. The molecule has 1 unspecified atom stereocenters. The van der Waals surface area contributed by atoms with Crippen molar-refractivity contribution in [3.63, 3.8) is 0 Å². The van der Waals surface area contributed by atoms with Gasteiger partial charge in [0.15, 0.2) is 0 Å². The highest BCUT2D eigenvalue weighted by Gasteiger charge is 2.15. The molecule has 1 amide bonds. The van der Waals surface area contributed by atoms with Crippen LogP contribution in [0, 0.1) is 11.6 Å². The zero-order valence-electron chi connectivity index (χ0n) is 10.2. The maximum atomic E-state index is 13.6. The first kappa shape index (κ1) is 13.1. The molecule has 0 saturated heterocycles. The van der Waals surface area contributed by atoms with Crippen molar-refractivity contribution < 1.29 is 13.6 Å². The van der Waals surface area contributed by atoms with Crippen LogP contribution >= 0.6 is 0 Å². The molecule has 19 heavy (non-hydrogen) atoms. The van der Waals surface area contributed by atoms with Crippen LogP contribution in [0.2, 0.25) is 0 Å². The predicted octanol–water partition coefficient (Wildman–Crippen LogP) is 2.85. The number of halogens is 2. The molecule has 0 aliphatic heterocycles. The summed E-state index contributed by atoms with van der Waals surface area (Å²) in [6.07, 6.45) is 2.98. The van der Waals surface area contributed by atoms with Crippen molar-refractivity contribution in [3.8, 4) is 0 Å². The first-order valence-electron chi connectivity index (χ1n) is 5.74. The molecule has 0 bridgehead atoms. The Morgan fingerprint density at radius 3 is 2.74 bits per heavy atom. The van der Waals surface area contributed by atoms with Crippen molar-refractivity contribution in [2.45, 2.75) is 13.0 Å². The first-order valence-corrected chi connectivity index (χ1v) is 5.74. The average Bonchev–Trinajstić information content (AvgIpc) is 2.39. The maximum absolute atomic E-state index is 13.6. The van der Waals surface area contributed by atoms with Gasteiger partial charge in [-0.2, -0.15) is 0 Å². The van der Waals surface area contributed by atoms with Crippen LogP contribution in [0.25, 0.3) is 0 Å². The molecular weight excluding hydrogens is 250 g/mol. The molecule has 0 aliphatic carbocycles. The minimum Gasteiger partial charge on any atom is -0.345 e. The van der Waals surface area contributed by atoms with Crippen LogP contribution in [-0.2, 0) is 0 Å². The summed E-state index contributed by atoms with van der Waals surface area (Å²) in [5.41, 5.74) is 0.621. The number of aromatic nitrogens is 1. The Labute approximate surface area is 109 Å². The molecule has 5 heteroatoms. The third-order valence-corrected chi connectivity index (χ3v) is 2.70. The second kappa shape index (κ2) is 5.56. The first-order chi connectivity index (χ1) is 9.08. The number of carbonyl (C=O) groups is 1. The van der Waals surface area contributed by atoms with E-state index in [4.69, 9.17) is 0 Å². The molecule has 1 aromatic carbocycles. The Morgan fingerprint density at radius 2 is 2.11 bits per heavy atom. The van der Waals surface area contributed by atoms with E-state index in [1.807, 2.05) is 0 Å². The largest absolute Gasteiger partial charge is 0.345 e. The van der Waals surface area contributed by atoms with E-state index in [0.717, 1.165) is 12.1 Å². The number of hydrogen-bond acceptors (Lipinski definition) is 2. The highest BCUT2D eigenvalue weighted by atomic mass is 19.1. The van der Waals surface area contributed by atoms with Crippen LogP contribution in [0.4, 0.5) is 8.78 Å². The van der Waals surface area contributed by atoms with Gasteiger partial charge in [0.05, 0.1) is 11.6 Å². The van der Waals surface area contributed by atoms with E-state index in [9.17, 15) is 13.6 Å². The van der Waals surface area contributed by atoms with Crippen LogP contribution in [0.15, 0.2) is 42.7 Å². The fraction of sp³-hybridized carbons (Fsp3) is 0.143. The van der Waals surface area contributed by atoms with Crippen LogP contribution in [-0.4, -0.2) is 10.9 Å². The highest BCUT2D eigenvalue weighted by Crippen LogP contribution is 2.18. The number of nitrogens with one attached hydrogen (secondary N) is 1. The zero-order valence-corrected chi connectivity index (χ0v) is 10.2. The quantitative estimate of drug-likeness (QED) is 0.924. The summed E-state index contributed by atoms with van der Waals surface area (Å²) in [4.78, 5) is 15.7. The van der Waals surface area contributed by atoms with Crippen molar-refractivity contribution in [2.75, 3.05) is 0 Å². The van der Waals surface area contributed by atoms with E-state index in [2.05, 4.69) is 10.3 Å². The van der Waals surface area contributed by atoms with Crippen molar-refractivity contribution >= 4 is 5.91 Å². The van der Waals surface area contributed by atoms with Gasteiger partial charge < -0.3 is 5.32 Å². The topological polar surface area (TPSA) is 42.0 Å². The molecule has 2 rings (SSSR count). The Bertz CT molecular complexity index is 587. The van der Waals surface area contributed by atoms with Crippen molar-refractivity contribution in [1.82, 2.24) is 10.3 Å². The molecule has 0 saturated carbocycles. The lowest BCUT2D eigenvalue weighted by atomic mass is 10.1. The zero-order chi connectivity index (χ0) is 13.8. The third kappa shape index (κ3) is 3.13. The summed E-state index contributed by atoms with van der Waals surface area (Å²) in [7, 11) is 0. The Morgan fingerprint density at radius 1 is 1.32 bits per heavy atom. The molecule has 1 heterocycles. The van der Waals surface area contributed by atoms with Crippen molar-refractivity contribution in [2.24, 2.45) is 0 Å². The van der Waals surface area contributed by atoms with E-state index < -0.39 is 17.7 Å². The van der Waals surface area contributed by atoms with Gasteiger partial charge in [-0.15, -0.1) is 0 Å². The lowest BCUT2D eigenvalue weighted by Crippen LogP contribution is -2.27. The number of rotatable bonds is 3. The van der Waals surface area contributed by atoms with Gasteiger partial charge in [0.2, 0.25) is 0 Å². The lowest BCUT2D eigenvalue weighted by molar-refractivity contribution is 0.0939. The predicted molar refractivity (Wildman–Crippen MR) is 66.5 cm³/mol. The number of carbonyl (C=O) groups excluding carboxylic acids is 1. The lowest BCUT2D eigenvalue weighted by Gasteiger charge is -2.15. The summed E-state index contributed by atoms with van der Waals surface area (Å²) in [5.74, 6) is -1.68. The van der Waals surface area contributed by atoms with Gasteiger partial charge >= 0.3 is 0 Å². The van der Waals surface area contributed by atoms with Gasteiger partial charge in [-0.05, 0) is 25.1 Å². The average molecular weight is 262 g/mol. The fourth-order valence-electron chi connectivity index (χ4n) is 1.71. The molecular formula is C14H12F2N2O. The van der Waals surface area contributed by atoms with Crippen LogP contribution in [0.5, 0.6) is 0 Å². The number of nitrogens with zero attached hydrogens (tertiary/aromatic N) is 1. The van der Waals surface area contributed by atoms with Crippen LogP contribution in [0.3, 0.4) is 0 Å². The second-order valence-electron chi connectivity index (χ2n) is 4.10. The summed E-state index contributed by atoms with van der Waals surface area (Å²) in [5, 5.41) is 2.63. The standard InChI is InChI=1S/C14H12F2N2O/c1-9(12-5-4-11(15)7-13(12)16)18-14(19)10-3-2-6-17-8-10/h2-9H,1H3,(H,18,19). The molecule has 2 aromatic rings. The van der Waals surface area contributed by atoms with E-state index in [1.54, 1.807) is 25.3 Å². The molecule has 3 nitrogen and oxygen atoms in total. The molecule has 1 aromatic heterocycles. The van der Waals surface area contributed by atoms with Gasteiger partial charge in [0, 0.05) is 24.0 Å². The van der Waals surface area contributed by atoms with Crippen molar-refractivity contribution in [3.05, 3.63) is 65.5 Å². The van der Waals surface area contributed by atoms with E-state index in [0.29, 0.717) is 5.56 Å². The van der Waals surface area contributed by atoms with Crippen LogP contribution in [0.1, 0.15) is 28.9 Å². The molecule has 0 spiro atoms. The Balaban J connectivity index is 2.13. The van der Waals surface area contributed by atoms with Gasteiger partial charge in [0.1, 0.15) is 11.6 Å². The summed E-state index contributed by atoms with van der Waals surface area (Å²) in [6.45, 7) is 1.63. The van der Waals surface area contributed by atoms with E-state index >= 15 is 0 Å². The SMILES string of the molecule is CC(NC(=O)c1cccnc1)c1ccc(F)cc1F. The third-order valence-electron chi connectivity index (χ3n) is 2.70. The Kier molecular flexibility index (Phi) is 3.85. The molecule has 0 aliphatic rings. The van der Waals surface area contributed by atoms with Crippen molar-refractivity contribution in [1.29, 1.82) is 0 Å². The fourth-order valence-corrected chi connectivity index (χ4v) is 1.71. The van der Waals surface area contributed by atoms with E-state index in [1.165, 1.54) is 12.3 Å². The molecule has 0 fully saturated rings. The Hall–Kier alpha value is -2.30. The second-order valence-corrected chi connectivity index (χ2v) is 4.10. The minimum atomic E-state index is -0.681.